The molecule has 1 aliphatic heterocycles. The van der Waals surface area contributed by atoms with Crippen molar-refractivity contribution >= 4 is 27.2 Å². The zero-order valence-electron chi connectivity index (χ0n) is 16.9. The van der Waals surface area contributed by atoms with Gasteiger partial charge in [-0.3, -0.25) is 9.78 Å². The molecule has 2 aliphatic rings. The lowest BCUT2D eigenvalue weighted by atomic mass is 10.0. The summed E-state index contributed by atoms with van der Waals surface area (Å²) in [7, 11) is 0. The number of nitrogens with zero attached hydrogens (tertiary/aromatic N) is 3. The molecule has 7 heteroatoms. The molecule has 0 radical (unpaired) electrons. The Morgan fingerprint density at radius 3 is 2.74 bits per heavy atom. The van der Waals surface area contributed by atoms with Crippen molar-refractivity contribution in [2.24, 2.45) is 0 Å². The van der Waals surface area contributed by atoms with Crippen molar-refractivity contribution < 1.29 is 9.13 Å². The van der Waals surface area contributed by atoms with Crippen molar-refractivity contribution in [1.82, 2.24) is 9.55 Å². The van der Waals surface area contributed by atoms with Gasteiger partial charge in [-0.25, -0.2) is 4.39 Å². The van der Waals surface area contributed by atoms with Crippen molar-refractivity contribution in [3.63, 3.8) is 0 Å². The van der Waals surface area contributed by atoms with Gasteiger partial charge in [-0.05, 0) is 56.9 Å². The quantitative estimate of drug-likeness (QED) is 0.564. The average Bonchev–Trinajstić information content (AvgIpc) is 3.21. The molecule has 0 saturated carbocycles. The number of benzene rings is 1. The predicted octanol–water partition coefficient (Wildman–Crippen LogP) is 4.02. The SMILES string of the molecule is O=c1cc(C2=CCc3ncc(N4CCOCC4)cc32)ccn1Cc1ccc(F)c(Br)c1. The number of halogens is 2. The van der Waals surface area contributed by atoms with Crippen molar-refractivity contribution in [2.45, 2.75) is 13.0 Å². The number of aromatic nitrogens is 2. The molecular weight excluding hydrogens is 461 g/mol. The molecule has 0 atom stereocenters. The highest BCUT2D eigenvalue weighted by Crippen LogP contribution is 2.33. The van der Waals surface area contributed by atoms with Crippen molar-refractivity contribution in [3.05, 3.63) is 97.9 Å². The summed E-state index contributed by atoms with van der Waals surface area (Å²) in [6.45, 7) is 3.55. The van der Waals surface area contributed by atoms with Gasteiger partial charge in [0.05, 0.1) is 41.8 Å². The van der Waals surface area contributed by atoms with E-state index in [1.807, 2.05) is 12.3 Å². The number of anilines is 1. The van der Waals surface area contributed by atoms with E-state index < -0.39 is 0 Å². The standard InChI is InChI=1S/C24H21BrFN3O2/c25-21-11-16(1-3-22(21)26)15-29-6-5-17(12-24(29)30)19-2-4-23-20(19)13-18(14-27-23)28-7-9-31-10-8-28/h1-3,5-6,11-14H,4,7-10,15H2. The summed E-state index contributed by atoms with van der Waals surface area (Å²) in [6, 6.07) is 10.6. The molecule has 3 heterocycles. The van der Waals surface area contributed by atoms with E-state index in [1.54, 1.807) is 29.0 Å². The first-order valence-electron chi connectivity index (χ1n) is 10.3. The Balaban J connectivity index is 1.41. The lowest BCUT2D eigenvalue weighted by Gasteiger charge is -2.29. The Bertz CT molecular complexity index is 1230. The largest absolute Gasteiger partial charge is 0.378 e. The number of pyridine rings is 2. The van der Waals surface area contributed by atoms with E-state index in [-0.39, 0.29) is 11.4 Å². The molecule has 1 saturated heterocycles. The molecule has 3 aromatic rings. The number of hydrogen-bond donors (Lipinski definition) is 0. The van der Waals surface area contributed by atoms with Crippen LogP contribution >= 0.6 is 15.9 Å². The Kier molecular flexibility index (Phi) is 5.46. The molecule has 158 valence electrons. The van der Waals surface area contributed by atoms with Gasteiger partial charge in [-0.15, -0.1) is 0 Å². The van der Waals surface area contributed by atoms with Crippen LogP contribution in [0.3, 0.4) is 0 Å². The lowest BCUT2D eigenvalue weighted by Crippen LogP contribution is -2.36. The second kappa shape index (κ2) is 8.40. The first-order chi connectivity index (χ1) is 15.1. The molecule has 0 N–H and O–H groups in total. The maximum atomic E-state index is 13.5. The summed E-state index contributed by atoms with van der Waals surface area (Å²) in [4.78, 5) is 19.7. The van der Waals surface area contributed by atoms with Crippen LogP contribution in [0.15, 0.2) is 64.1 Å². The van der Waals surface area contributed by atoms with Crippen LogP contribution in [0, 0.1) is 5.82 Å². The van der Waals surface area contributed by atoms with Crippen LogP contribution < -0.4 is 10.5 Å². The molecule has 0 amide bonds. The highest BCUT2D eigenvalue weighted by molar-refractivity contribution is 9.10. The van der Waals surface area contributed by atoms with E-state index >= 15 is 0 Å². The molecule has 0 spiro atoms. The molecule has 0 unspecified atom stereocenters. The molecule has 31 heavy (non-hydrogen) atoms. The summed E-state index contributed by atoms with van der Waals surface area (Å²) in [6.07, 6.45) is 6.63. The fraction of sp³-hybridized carbons (Fsp3) is 0.250. The van der Waals surface area contributed by atoms with Crippen LogP contribution in [0.5, 0.6) is 0 Å². The van der Waals surface area contributed by atoms with Crippen molar-refractivity contribution in [2.75, 3.05) is 31.2 Å². The number of rotatable bonds is 4. The van der Waals surface area contributed by atoms with Crippen LogP contribution in [-0.2, 0) is 17.7 Å². The highest BCUT2D eigenvalue weighted by atomic mass is 79.9. The molecular formula is C24H21BrFN3O2. The summed E-state index contributed by atoms with van der Waals surface area (Å²) >= 11 is 3.20. The van der Waals surface area contributed by atoms with Crippen molar-refractivity contribution in [3.8, 4) is 0 Å². The van der Waals surface area contributed by atoms with Gasteiger partial charge in [-0.2, -0.15) is 0 Å². The number of fused-ring (bicyclic) bond motifs is 1. The van der Waals surface area contributed by atoms with E-state index in [9.17, 15) is 9.18 Å². The summed E-state index contributed by atoms with van der Waals surface area (Å²) in [5.41, 5.74) is 5.91. The number of hydrogen-bond acceptors (Lipinski definition) is 4. The molecule has 1 fully saturated rings. The second-order valence-corrected chi connectivity index (χ2v) is 8.59. The minimum atomic E-state index is -0.316. The Morgan fingerprint density at radius 1 is 1.13 bits per heavy atom. The summed E-state index contributed by atoms with van der Waals surface area (Å²) in [5, 5.41) is 0. The predicted molar refractivity (Wildman–Crippen MR) is 122 cm³/mol. The molecule has 0 bridgehead atoms. The van der Waals surface area contributed by atoms with Crippen LogP contribution in [-0.4, -0.2) is 35.9 Å². The minimum absolute atomic E-state index is 0.0930. The highest BCUT2D eigenvalue weighted by Gasteiger charge is 2.20. The molecule has 2 aromatic heterocycles. The molecule has 5 nitrogen and oxygen atoms in total. The fourth-order valence-corrected chi connectivity index (χ4v) is 4.52. The maximum absolute atomic E-state index is 13.5. The lowest BCUT2D eigenvalue weighted by molar-refractivity contribution is 0.122. The minimum Gasteiger partial charge on any atom is -0.378 e. The fourth-order valence-electron chi connectivity index (χ4n) is 4.10. The number of ether oxygens (including phenoxy) is 1. The van der Waals surface area contributed by atoms with E-state index in [0.717, 1.165) is 66.4 Å². The van der Waals surface area contributed by atoms with Gasteiger partial charge in [-0.1, -0.05) is 12.1 Å². The van der Waals surface area contributed by atoms with Gasteiger partial charge in [0.2, 0.25) is 0 Å². The first-order valence-corrected chi connectivity index (χ1v) is 11.0. The summed E-state index contributed by atoms with van der Waals surface area (Å²) < 4.78 is 20.9. The van der Waals surface area contributed by atoms with E-state index in [4.69, 9.17) is 4.74 Å². The molecule has 1 aliphatic carbocycles. The Labute approximate surface area is 187 Å². The van der Waals surface area contributed by atoms with Gasteiger partial charge < -0.3 is 14.2 Å². The van der Waals surface area contributed by atoms with E-state index in [2.05, 4.69) is 38.0 Å². The van der Waals surface area contributed by atoms with Gasteiger partial charge in [0.25, 0.3) is 5.56 Å². The average molecular weight is 482 g/mol. The van der Waals surface area contributed by atoms with Gasteiger partial charge in [0.15, 0.2) is 0 Å². The zero-order chi connectivity index (χ0) is 21.4. The van der Waals surface area contributed by atoms with Crippen LogP contribution in [0.4, 0.5) is 10.1 Å². The van der Waals surface area contributed by atoms with Gasteiger partial charge in [0, 0.05) is 37.3 Å². The third-order valence-electron chi connectivity index (χ3n) is 5.77. The van der Waals surface area contributed by atoms with E-state index in [0.29, 0.717) is 11.0 Å². The monoisotopic (exact) mass is 481 g/mol. The van der Waals surface area contributed by atoms with Crippen molar-refractivity contribution in [1.29, 1.82) is 0 Å². The first kappa shape index (κ1) is 20.2. The smallest absolute Gasteiger partial charge is 0.251 e. The third kappa shape index (κ3) is 4.07. The van der Waals surface area contributed by atoms with Crippen LogP contribution in [0.25, 0.3) is 5.57 Å². The number of morpholine rings is 1. The zero-order valence-corrected chi connectivity index (χ0v) is 18.4. The second-order valence-electron chi connectivity index (χ2n) is 7.74. The molecule has 5 rings (SSSR count). The van der Waals surface area contributed by atoms with Gasteiger partial charge >= 0.3 is 0 Å². The molecule has 1 aromatic carbocycles. The van der Waals surface area contributed by atoms with Gasteiger partial charge in [0.1, 0.15) is 5.82 Å². The Hall–Kier alpha value is -2.77. The number of allylic oxidation sites excluding steroid dienone is 1. The third-order valence-corrected chi connectivity index (χ3v) is 6.37. The summed E-state index contributed by atoms with van der Waals surface area (Å²) in [5.74, 6) is -0.316. The maximum Gasteiger partial charge on any atom is 0.251 e. The normalized spacial score (nSPS) is 15.7. The topological polar surface area (TPSA) is 47.4 Å². The Morgan fingerprint density at radius 2 is 1.97 bits per heavy atom. The van der Waals surface area contributed by atoms with Crippen LogP contribution in [0.2, 0.25) is 0 Å². The van der Waals surface area contributed by atoms with E-state index in [1.165, 1.54) is 6.07 Å². The van der Waals surface area contributed by atoms with Crippen LogP contribution in [0.1, 0.15) is 22.4 Å².